The number of amides is 5. The van der Waals surface area contributed by atoms with Crippen LogP contribution in [0, 0.1) is 18.8 Å². The topological polar surface area (TPSA) is 121 Å². The van der Waals surface area contributed by atoms with E-state index in [1.165, 1.54) is 4.90 Å². The Hall–Kier alpha value is -3.34. The summed E-state index contributed by atoms with van der Waals surface area (Å²) in [6, 6.07) is 4.89. The fourth-order valence-corrected chi connectivity index (χ4v) is 5.58. The number of carbonyl (C=O) groups excluding carboxylic acids is 4. The van der Waals surface area contributed by atoms with Gasteiger partial charge in [0.25, 0.3) is 5.91 Å². The van der Waals surface area contributed by atoms with Gasteiger partial charge in [-0.2, -0.15) is 0 Å². The molecule has 3 aliphatic heterocycles. The molecule has 0 radical (unpaired) electrons. The van der Waals surface area contributed by atoms with Crippen molar-refractivity contribution in [1.29, 1.82) is 0 Å². The standard InChI is InChI=1S/C30H45N5O6.2C2H6/c1-21-5-6-24(17-25(21)35-16-11-26(36)32-28(35)38)40-20-27(37)31-18-22-7-12-33(13-8-22)19-23-9-14-34(15-10-23)29(39)41-30(2,3)4;2*1-2/h5-6,17,22-23H,7-16,18-20H2,1-4H3,(H,31,37)(H,32,36,38);2*1-2H3. The second-order valence-electron chi connectivity index (χ2n) is 12.5. The molecule has 0 bridgehead atoms. The van der Waals surface area contributed by atoms with Crippen molar-refractivity contribution >= 4 is 29.6 Å². The van der Waals surface area contributed by atoms with Crippen molar-refractivity contribution in [3.8, 4) is 5.75 Å². The molecule has 3 heterocycles. The van der Waals surface area contributed by atoms with Gasteiger partial charge in [-0.25, -0.2) is 9.59 Å². The van der Waals surface area contributed by atoms with E-state index in [4.69, 9.17) is 9.47 Å². The maximum Gasteiger partial charge on any atom is 0.410 e. The number of aryl methyl sites for hydroxylation is 1. The van der Waals surface area contributed by atoms with Crippen LogP contribution in [0.15, 0.2) is 18.2 Å². The number of urea groups is 1. The average Bonchev–Trinajstić information content (AvgIpc) is 3.02. The van der Waals surface area contributed by atoms with E-state index in [0.29, 0.717) is 36.4 Å². The molecular formula is C34H57N5O6. The molecule has 0 aromatic heterocycles. The molecule has 2 N–H and O–H groups in total. The Labute approximate surface area is 270 Å². The molecule has 3 saturated heterocycles. The number of likely N-dealkylation sites (tertiary alicyclic amines) is 2. The fourth-order valence-electron chi connectivity index (χ4n) is 5.58. The number of nitrogens with zero attached hydrogens (tertiary/aromatic N) is 3. The summed E-state index contributed by atoms with van der Waals surface area (Å²) in [6.45, 7) is 21.0. The van der Waals surface area contributed by atoms with E-state index in [0.717, 1.165) is 64.0 Å². The highest BCUT2D eigenvalue weighted by Gasteiger charge is 2.29. The second-order valence-corrected chi connectivity index (χ2v) is 12.5. The molecule has 0 aliphatic carbocycles. The number of imide groups is 1. The zero-order valence-electron chi connectivity index (χ0n) is 28.9. The van der Waals surface area contributed by atoms with Crippen molar-refractivity contribution in [1.82, 2.24) is 20.4 Å². The monoisotopic (exact) mass is 631 g/mol. The van der Waals surface area contributed by atoms with Crippen LogP contribution in [0.25, 0.3) is 0 Å². The SMILES string of the molecule is CC.CC.Cc1ccc(OCC(=O)NCC2CCN(CC3CCN(C(=O)OC(C)(C)C)CC3)CC2)cc1N1CCC(=O)NC1=O. The molecule has 1 aromatic carbocycles. The van der Waals surface area contributed by atoms with Crippen molar-refractivity contribution in [2.24, 2.45) is 11.8 Å². The van der Waals surface area contributed by atoms with Crippen LogP contribution in [0.4, 0.5) is 15.3 Å². The Bertz CT molecular complexity index is 1100. The van der Waals surface area contributed by atoms with Crippen LogP contribution >= 0.6 is 0 Å². The number of nitrogens with one attached hydrogen (secondary N) is 2. The first kappa shape index (κ1) is 37.8. The predicted octanol–water partition coefficient (Wildman–Crippen LogP) is 5.35. The summed E-state index contributed by atoms with van der Waals surface area (Å²) >= 11 is 0. The molecular weight excluding hydrogens is 574 g/mol. The van der Waals surface area contributed by atoms with Gasteiger partial charge in [0.1, 0.15) is 11.4 Å². The summed E-state index contributed by atoms with van der Waals surface area (Å²) < 4.78 is 11.2. The van der Waals surface area contributed by atoms with Crippen molar-refractivity contribution in [3.63, 3.8) is 0 Å². The van der Waals surface area contributed by atoms with Crippen molar-refractivity contribution < 1.29 is 28.7 Å². The summed E-state index contributed by atoms with van der Waals surface area (Å²) in [4.78, 5) is 54.4. The highest BCUT2D eigenvalue weighted by Crippen LogP contribution is 2.27. The molecule has 3 aliphatic rings. The zero-order valence-corrected chi connectivity index (χ0v) is 28.9. The molecule has 11 heteroatoms. The minimum absolute atomic E-state index is 0.103. The van der Waals surface area contributed by atoms with Gasteiger partial charge in [-0.15, -0.1) is 0 Å². The van der Waals surface area contributed by atoms with Crippen LogP contribution in [0.5, 0.6) is 5.75 Å². The van der Waals surface area contributed by atoms with E-state index >= 15 is 0 Å². The molecule has 1 aromatic rings. The smallest absolute Gasteiger partial charge is 0.410 e. The van der Waals surface area contributed by atoms with Gasteiger partial charge in [0.05, 0.1) is 5.69 Å². The minimum atomic E-state index is -0.465. The summed E-state index contributed by atoms with van der Waals surface area (Å²) in [5.41, 5.74) is 1.07. The lowest BCUT2D eigenvalue weighted by Gasteiger charge is -2.38. The third-order valence-corrected chi connectivity index (χ3v) is 7.97. The molecule has 0 saturated carbocycles. The molecule has 0 spiro atoms. The Morgan fingerprint density at radius 2 is 1.56 bits per heavy atom. The van der Waals surface area contributed by atoms with E-state index < -0.39 is 11.6 Å². The van der Waals surface area contributed by atoms with Crippen LogP contribution in [-0.4, -0.2) is 91.8 Å². The summed E-state index contributed by atoms with van der Waals surface area (Å²) in [5, 5.41) is 5.34. The van der Waals surface area contributed by atoms with Gasteiger partial charge in [0, 0.05) is 45.2 Å². The van der Waals surface area contributed by atoms with Gasteiger partial charge < -0.3 is 24.6 Å². The van der Waals surface area contributed by atoms with Gasteiger partial charge in [0.15, 0.2) is 6.61 Å². The largest absolute Gasteiger partial charge is 0.484 e. The lowest BCUT2D eigenvalue weighted by atomic mass is 9.93. The van der Waals surface area contributed by atoms with Crippen LogP contribution in [-0.2, 0) is 14.3 Å². The third kappa shape index (κ3) is 12.5. The number of rotatable bonds is 8. The number of benzene rings is 1. The minimum Gasteiger partial charge on any atom is -0.484 e. The molecule has 45 heavy (non-hydrogen) atoms. The first-order valence-electron chi connectivity index (χ1n) is 16.8. The maximum absolute atomic E-state index is 12.5. The molecule has 3 fully saturated rings. The molecule has 5 amide bonds. The Balaban J connectivity index is 0.00000169. The summed E-state index contributed by atoms with van der Waals surface area (Å²) in [7, 11) is 0. The van der Waals surface area contributed by atoms with Gasteiger partial charge in [-0.3, -0.25) is 19.8 Å². The van der Waals surface area contributed by atoms with Crippen LogP contribution in [0.3, 0.4) is 0 Å². The second kappa shape index (κ2) is 18.6. The lowest BCUT2D eigenvalue weighted by molar-refractivity contribution is -0.123. The van der Waals surface area contributed by atoms with Crippen molar-refractivity contribution in [3.05, 3.63) is 23.8 Å². The summed E-state index contributed by atoms with van der Waals surface area (Å²) in [6.07, 6.45) is 4.12. The molecule has 0 unspecified atom stereocenters. The Morgan fingerprint density at radius 1 is 0.933 bits per heavy atom. The van der Waals surface area contributed by atoms with E-state index in [9.17, 15) is 19.2 Å². The predicted molar refractivity (Wildman–Crippen MR) is 178 cm³/mol. The van der Waals surface area contributed by atoms with Crippen molar-refractivity contribution in [2.75, 3.05) is 57.3 Å². The Morgan fingerprint density at radius 3 is 2.16 bits per heavy atom. The molecule has 254 valence electrons. The van der Waals surface area contributed by atoms with Gasteiger partial charge >= 0.3 is 12.1 Å². The highest BCUT2D eigenvalue weighted by molar-refractivity contribution is 6.06. The number of carbonyl (C=O) groups is 4. The zero-order chi connectivity index (χ0) is 33.6. The first-order valence-corrected chi connectivity index (χ1v) is 16.8. The van der Waals surface area contributed by atoms with Gasteiger partial charge in [-0.1, -0.05) is 33.8 Å². The van der Waals surface area contributed by atoms with E-state index in [2.05, 4.69) is 15.5 Å². The van der Waals surface area contributed by atoms with Crippen molar-refractivity contribution in [2.45, 2.75) is 93.1 Å². The van der Waals surface area contributed by atoms with Crippen LogP contribution in [0.1, 0.15) is 86.1 Å². The number of ether oxygens (including phenoxy) is 2. The van der Waals surface area contributed by atoms with E-state index in [1.54, 1.807) is 12.1 Å². The first-order chi connectivity index (χ1) is 21.5. The Kier molecular flexibility index (Phi) is 15.6. The molecule has 4 rings (SSSR count). The average molecular weight is 632 g/mol. The number of piperidine rings is 2. The molecule has 0 atom stereocenters. The third-order valence-electron chi connectivity index (χ3n) is 7.97. The lowest BCUT2D eigenvalue weighted by Crippen LogP contribution is -2.49. The van der Waals surface area contributed by atoms with Crippen LogP contribution in [0.2, 0.25) is 0 Å². The van der Waals surface area contributed by atoms with Gasteiger partial charge in [0.2, 0.25) is 5.91 Å². The number of anilines is 1. The molecule has 11 nitrogen and oxygen atoms in total. The number of hydrogen-bond acceptors (Lipinski definition) is 7. The quantitative estimate of drug-likeness (QED) is 0.397. The highest BCUT2D eigenvalue weighted by atomic mass is 16.6. The number of hydrogen-bond donors (Lipinski definition) is 2. The normalized spacial score (nSPS) is 18.1. The van der Waals surface area contributed by atoms with E-state index in [-0.39, 0.29) is 30.9 Å². The van der Waals surface area contributed by atoms with Gasteiger partial charge in [-0.05, 0) is 89.9 Å². The van der Waals surface area contributed by atoms with E-state index in [1.807, 2.05) is 66.4 Å². The summed E-state index contributed by atoms with van der Waals surface area (Å²) in [5.74, 6) is 1.08. The maximum atomic E-state index is 12.5. The fraction of sp³-hybridized carbons (Fsp3) is 0.706. The van der Waals surface area contributed by atoms with Crippen LogP contribution < -0.4 is 20.3 Å².